The van der Waals surface area contributed by atoms with Gasteiger partial charge in [-0.15, -0.1) is 5.10 Å². The summed E-state index contributed by atoms with van der Waals surface area (Å²) in [7, 11) is 1.84. The number of amides is 1. The van der Waals surface area contributed by atoms with Gasteiger partial charge in [0.2, 0.25) is 5.95 Å². The summed E-state index contributed by atoms with van der Waals surface area (Å²) in [5.74, 6) is 0.644. The van der Waals surface area contributed by atoms with Gasteiger partial charge in [-0.05, 0) is 52.3 Å². The molecule has 0 unspecified atom stereocenters. The lowest BCUT2D eigenvalue weighted by molar-refractivity contribution is 0.0236. The van der Waals surface area contributed by atoms with Crippen molar-refractivity contribution >= 4 is 46.5 Å². The molecule has 1 saturated carbocycles. The molecule has 14 nitrogen and oxygen atoms in total. The van der Waals surface area contributed by atoms with E-state index in [0.717, 1.165) is 12.8 Å². The summed E-state index contributed by atoms with van der Waals surface area (Å²) < 4.78 is 1.41. The highest BCUT2D eigenvalue weighted by Gasteiger charge is 2.36. The molecule has 5 N–H and O–H groups in total. The van der Waals surface area contributed by atoms with Crippen LogP contribution in [0, 0.1) is 22.7 Å². The van der Waals surface area contributed by atoms with Gasteiger partial charge in [-0.1, -0.05) is 11.6 Å². The van der Waals surface area contributed by atoms with Crippen LogP contribution in [0.25, 0.3) is 5.65 Å². The van der Waals surface area contributed by atoms with Gasteiger partial charge in [0, 0.05) is 31.7 Å². The molecule has 1 aromatic carbocycles. The van der Waals surface area contributed by atoms with Crippen molar-refractivity contribution in [3.05, 3.63) is 34.6 Å². The lowest BCUT2D eigenvalue weighted by Crippen LogP contribution is -2.61. The van der Waals surface area contributed by atoms with Gasteiger partial charge in [-0.3, -0.25) is 4.90 Å². The summed E-state index contributed by atoms with van der Waals surface area (Å²) in [6.07, 6.45) is 2.82. The first-order valence-electron chi connectivity index (χ1n) is 13.6. The Morgan fingerprint density at radius 3 is 2.67 bits per heavy atom. The van der Waals surface area contributed by atoms with Crippen LogP contribution in [-0.2, 0) is 0 Å². The number of halogens is 1. The van der Waals surface area contributed by atoms with E-state index < -0.39 is 11.7 Å². The van der Waals surface area contributed by atoms with Crippen LogP contribution in [0.1, 0.15) is 44.4 Å². The molecule has 0 spiro atoms. The molecule has 42 heavy (non-hydrogen) atoms. The van der Waals surface area contributed by atoms with E-state index in [1.807, 2.05) is 16.8 Å². The Labute approximate surface area is 247 Å². The maximum atomic E-state index is 11.5. The number of hydrogen-bond donors (Lipinski definition) is 5. The van der Waals surface area contributed by atoms with Gasteiger partial charge in [0.05, 0.1) is 45.9 Å². The molecule has 0 bridgehead atoms. The number of rotatable bonds is 9. The first-order chi connectivity index (χ1) is 20.0. The molecule has 1 aliphatic carbocycles. The third kappa shape index (κ3) is 6.41. The number of anilines is 4. The Balaban J connectivity index is 1.48. The average Bonchev–Trinajstić information content (AvgIpc) is 3.64. The second-order valence-corrected chi connectivity index (χ2v) is 11.8. The molecule has 2 aromatic heterocycles. The average molecular weight is 594 g/mol. The van der Waals surface area contributed by atoms with E-state index >= 15 is 0 Å². The number of piperidine rings is 1. The Morgan fingerprint density at radius 1 is 1.26 bits per heavy atom. The molecule has 3 heterocycles. The quantitative estimate of drug-likeness (QED) is 0.244. The van der Waals surface area contributed by atoms with Crippen LogP contribution < -0.4 is 20.9 Å². The number of benzene rings is 1. The number of imidazole rings is 1. The number of likely N-dealkylation sites (N-methyl/N-ethyl adjacent to an activating group) is 1. The van der Waals surface area contributed by atoms with Crippen molar-refractivity contribution in [3.8, 4) is 12.1 Å². The van der Waals surface area contributed by atoms with E-state index in [9.17, 15) is 25.5 Å². The van der Waals surface area contributed by atoms with Crippen molar-refractivity contribution in [1.82, 2.24) is 29.8 Å². The molecule has 0 radical (unpaired) electrons. The van der Waals surface area contributed by atoms with Crippen molar-refractivity contribution in [2.45, 2.75) is 56.8 Å². The zero-order valence-electron chi connectivity index (χ0n) is 23.5. The van der Waals surface area contributed by atoms with Crippen molar-refractivity contribution in [2.24, 2.45) is 0 Å². The first kappa shape index (κ1) is 29.1. The van der Waals surface area contributed by atoms with Crippen LogP contribution in [0.15, 0.2) is 18.3 Å². The summed E-state index contributed by atoms with van der Waals surface area (Å²) >= 11 is 6.95. The molecule has 2 aliphatic rings. The lowest BCUT2D eigenvalue weighted by Gasteiger charge is -2.45. The molecule has 3 aromatic rings. The highest BCUT2D eigenvalue weighted by molar-refractivity contribution is 6.36. The fourth-order valence-electron chi connectivity index (χ4n) is 5.30. The Bertz CT molecular complexity index is 1590. The fourth-order valence-corrected chi connectivity index (χ4v) is 5.57. The number of nitrogens with one attached hydrogen (secondary N) is 3. The van der Waals surface area contributed by atoms with Crippen LogP contribution in [0.3, 0.4) is 0 Å². The first-order valence-corrected chi connectivity index (χ1v) is 13.9. The number of carbonyl (C=O) groups is 1. The molecule has 5 rings (SSSR count). The van der Waals surface area contributed by atoms with Gasteiger partial charge in [0.1, 0.15) is 6.07 Å². The number of aromatic nitrogens is 4. The zero-order valence-corrected chi connectivity index (χ0v) is 24.2. The number of aliphatic hydroxyl groups is 1. The maximum absolute atomic E-state index is 11.5. The van der Waals surface area contributed by atoms with Crippen molar-refractivity contribution < 1.29 is 15.0 Å². The topological polar surface area (TPSA) is 191 Å². The summed E-state index contributed by atoms with van der Waals surface area (Å²) in [6.45, 7) is 4.58. The summed E-state index contributed by atoms with van der Waals surface area (Å²) in [5, 5.41) is 53.1. The molecule has 1 amide bonds. The van der Waals surface area contributed by atoms with Gasteiger partial charge < -0.3 is 31.1 Å². The maximum Gasteiger partial charge on any atom is 0.404 e. The predicted molar refractivity (Wildman–Crippen MR) is 156 cm³/mol. The summed E-state index contributed by atoms with van der Waals surface area (Å²) in [5.41, 5.74) is 1.02. The highest BCUT2D eigenvalue weighted by atomic mass is 35.5. The monoisotopic (exact) mass is 593 g/mol. The van der Waals surface area contributed by atoms with E-state index in [4.69, 9.17) is 11.6 Å². The van der Waals surface area contributed by atoms with Crippen LogP contribution in [0.5, 0.6) is 0 Å². The van der Waals surface area contributed by atoms with Gasteiger partial charge in [0.25, 0.3) is 0 Å². The van der Waals surface area contributed by atoms with Crippen molar-refractivity contribution in [2.75, 3.05) is 42.2 Å². The minimum absolute atomic E-state index is 0.162. The fraction of sp³-hybridized carbons (Fsp3) is 0.481. The van der Waals surface area contributed by atoms with E-state index in [1.165, 1.54) is 10.7 Å². The second kappa shape index (κ2) is 11.5. The Hall–Kier alpha value is -4.37. The molecule has 1 aliphatic heterocycles. The van der Waals surface area contributed by atoms with Crippen LogP contribution in [-0.4, -0.2) is 91.2 Å². The van der Waals surface area contributed by atoms with Crippen molar-refractivity contribution in [1.29, 1.82) is 10.5 Å². The smallest absolute Gasteiger partial charge is 0.404 e. The summed E-state index contributed by atoms with van der Waals surface area (Å²) in [4.78, 5) is 24.4. The number of nitriles is 2. The number of nitrogens with zero attached hydrogens (tertiary/aromatic N) is 8. The molecular weight excluding hydrogens is 562 g/mol. The van der Waals surface area contributed by atoms with Gasteiger partial charge in [0.15, 0.2) is 17.2 Å². The largest absolute Gasteiger partial charge is 0.465 e. The molecule has 220 valence electrons. The Kier molecular flexibility index (Phi) is 7.97. The minimum Gasteiger partial charge on any atom is -0.465 e. The SMILES string of the molecule is CN(CC(C)(C)O)[C@@H]1CN(c2cc(C#N)cc(Nc3nc(NC4CC4)c4ncc(C#N)n4n3)c2Cl)CC[C@@H]1NC(=O)O. The molecule has 2 fully saturated rings. The summed E-state index contributed by atoms with van der Waals surface area (Å²) in [6, 6.07) is 7.17. The second-order valence-electron chi connectivity index (χ2n) is 11.4. The van der Waals surface area contributed by atoms with Crippen molar-refractivity contribution in [3.63, 3.8) is 0 Å². The van der Waals surface area contributed by atoms with E-state index in [0.29, 0.717) is 59.5 Å². The lowest BCUT2D eigenvalue weighted by atomic mass is 9.95. The minimum atomic E-state index is -1.11. The third-order valence-corrected chi connectivity index (χ3v) is 7.66. The van der Waals surface area contributed by atoms with E-state index in [2.05, 4.69) is 43.2 Å². The van der Waals surface area contributed by atoms with E-state index in [-0.39, 0.29) is 29.8 Å². The predicted octanol–water partition coefficient (Wildman–Crippen LogP) is 2.76. The molecular formula is C27H32ClN11O3. The Morgan fingerprint density at radius 2 is 2.02 bits per heavy atom. The molecule has 2 atom stereocenters. The van der Waals surface area contributed by atoms with Crippen LogP contribution in [0.2, 0.25) is 5.02 Å². The number of fused-ring (bicyclic) bond motifs is 1. The zero-order chi connectivity index (χ0) is 30.2. The standard InChI is InChI=1S/C27H32ClN11O3/c1-27(2,42)14-37(3)21-13-38(7-6-18(21)34-26(40)41)20-9-15(10-29)8-19(22(20)28)33-25-35-23(32-16-4-5-16)24-31-12-17(11-30)39(24)36-25/h8-9,12,16,18,21,34,42H,4-7,13-14H2,1-3H3,(H,40,41)(H2,32,33,35,36)/t18-,21+/m0/s1. The third-order valence-electron chi connectivity index (χ3n) is 7.26. The highest BCUT2D eigenvalue weighted by Crippen LogP contribution is 2.38. The van der Waals surface area contributed by atoms with Crippen LogP contribution >= 0.6 is 11.6 Å². The molecule has 1 saturated heterocycles. The normalized spacial score (nSPS) is 18.9. The number of hydrogen-bond acceptors (Lipinski definition) is 11. The molecule has 15 heteroatoms. The van der Waals surface area contributed by atoms with Gasteiger partial charge in [-0.2, -0.15) is 20.0 Å². The van der Waals surface area contributed by atoms with Gasteiger partial charge >= 0.3 is 6.09 Å². The van der Waals surface area contributed by atoms with Gasteiger partial charge in [-0.25, -0.2) is 9.78 Å². The van der Waals surface area contributed by atoms with E-state index in [1.54, 1.807) is 26.0 Å². The van der Waals surface area contributed by atoms with Crippen LogP contribution in [0.4, 0.5) is 27.9 Å². The number of carboxylic acid groups (broad SMARTS) is 1.